The fourth-order valence-corrected chi connectivity index (χ4v) is 2.19. The Balaban J connectivity index is 0.000000751. The minimum absolute atomic E-state index is 0.0188. The number of hydrogen-bond donors (Lipinski definition) is 4. The molecule has 5 N–H and O–H groups in total. The standard InChI is InChI=1S/C17H15F4N3O2.C2H2O4/c18-12-4-1-10(2-5-12)14(7-13(23)9-25)26-16-11(8-22)3-6-15(24-16)17(19,20)21;3-1(4)2(5)6/h1-6,13-14,25H,7,9,23H2;(H,3,4)(H,5,6)/t13-,14+;/m0./s1. The van der Waals surface area contributed by atoms with Crippen LogP contribution in [0.5, 0.6) is 5.88 Å². The summed E-state index contributed by atoms with van der Waals surface area (Å²) < 4.78 is 57.3. The summed E-state index contributed by atoms with van der Waals surface area (Å²) in [6.07, 6.45) is -5.62. The largest absolute Gasteiger partial charge is 0.473 e. The zero-order chi connectivity index (χ0) is 24.5. The van der Waals surface area contributed by atoms with Crippen LogP contribution in [-0.4, -0.2) is 44.9 Å². The van der Waals surface area contributed by atoms with Gasteiger partial charge in [0.15, 0.2) is 0 Å². The monoisotopic (exact) mass is 459 g/mol. The fourth-order valence-electron chi connectivity index (χ4n) is 2.19. The van der Waals surface area contributed by atoms with Crippen molar-refractivity contribution >= 4 is 11.9 Å². The van der Waals surface area contributed by atoms with Crippen LogP contribution in [0.25, 0.3) is 0 Å². The molecule has 2 atom stereocenters. The Kier molecular flexibility index (Phi) is 9.51. The molecule has 2 rings (SSSR count). The van der Waals surface area contributed by atoms with E-state index in [1.165, 1.54) is 12.1 Å². The first-order chi connectivity index (χ1) is 14.9. The molecule has 0 aliphatic rings. The van der Waals surface area contributed by atoms with Crippen molar-refractivity contribution in [3.8, 4) is 11.9 Å². The lowest BCUT2D eigenvalue weighted by atomic mass is 10.0. The number of carbonyl (C=O) groups is 2. The normalized spacial score (nSPS) is 12.5. The van der Waals surface area contributed by atoms with Crippen LogP contribution in [0.15, 0.2) is 36.4 Å². The van der Waals surface area contributed by atoms with Gasteiger partial charge in [-0.3, -0.25) is 0 Å². The summed E-state index contributed by atoms with van der Waals surface area (Å²) in [5, 5.41) is 33.0. The summed E-state index contributed by atoms with van der Waals surface area (Å²) in [5.74, 6) is -4.67. The van der Waals surface area contributed by atoms with Crippen molar-refractivity contribution in [2.75, 3.05) is 6.61 Å². The number of pyridine rings is 1. The number of aromatic nitrogens is 1. The highest BCUT2D eigenvalue weighted by Gasteiger charge is 2.34. The Morgan fingerprint density at radius 1 is 1.12 bits per heavy atom. The van der Waals surface area contributed by atoms with Gasteiger partial charge in [0, 0.05) is 12.5 Å². The molecule has 0 aliphatic carbocycles. The first-order valence-corrected chi connectivity index (χ1v) is 8.62. The third-order valence-electron chi connectivity index (χ3n) is 3.70. The number of halogens is 4. The molecule has 2 aromatic rings. The number of nitrogens with two attached hydrogens (primary N) is 1. The molecule has 172 valence electrons. The Morgan fingerprint density at radius 2 is 1.69 bits per heavy atom. The number of benzene rings is 1. The highest BCUT2D eigenvalue weighted by Crippen LogP contribution is 2.32. The van der Waals surface area contributed by atoms with E-state index >= 15 is 0 Å². The third-order valence-corrected chi connectivity index (χ3v) is 3.70. The quantitative estimate of drug-likeness (QED) is 0.374. The lowest BCUT2D eigenvalue weighted by molar-refractivity contribution is -0.159. The molecule has 0 radical (unpaired) electrons. The van der Waals surface area contributed by atoms with Crippen LogP contribution in [0.3, 0.4) is 0 Å². The molecular weight excluding hydrogens is 442 g/mol. The molecule has 1 heterocycles. The molecule has 0 fully saturated rings. The van der Waals surface area contributed by atoms with Gasteiger partial charge in [0.05, 0.1) is 6.61 Å². The van der Waals surface area contributed by atoms with Crippen LogP contribution in [0.4, 0.5) is 17.6 Å². The summed E-state index contributed by atoms with van der Waals surface area (Å²) >= 11 is 0. The Labute approximate surface area is 178 Å². The van der Waals surface area contributed by atoms with Crippen LogP contribution in [-0.2, 0) is 15.8 Å². The van der Waals surface area contributed by atoms with Crippen molar-refractivity contribution in [2.24, 2.45) is 5.73 Å². The maximum absolute atomic E-state index is 13.1. The van der Waals surface area contributed by atoms with Gasteiger partial charge < -0.3 is 25.8 Å². The van der Waals surface area contributed by atoms with Crippen molar-refractivity contribution in [1.29, 1.82) is 5.26 Å². The van der Waals surface area contributed by atoms with Crippen LogP contribution in [0.2, 0.25) is 0 Å². The zero-order valence-electron chi connectivity index (χ0n) is 16.1. The summed E-state index contributed by atoms with van der Waals surface area (Å²) in [6.45, 7) is -0.387. The first kappa shape index (κ1) is 26.3. The van der Waals surface area contributed by atoms with E-state index in [1.54, 1.807) is 6.07 Å². The van der Waals surface area contributed by atoms with Crippen LogP contribution in [0.1, 0.15) is 29.3 Å². The Morgan fingerprint density at radius 3 is 2.12 bits per heavy atom. The molecule has 0 unspecified atom stereocenters. The maximum atomic E-state index is 13.1. The minimum atomic E-state index is -4.71. The van der Waals surface area contributed by atoms with Gasteiger partial charge >= 0.3 is 18.1 Å². The van der Waals surface area contributed by atoms with E-state index in [4.69, 9.17) is 40.6 Å². The van der Waals surface area contributed by atoms with Gasteiger partial charge in [-0.2, -0.15) is 18.4 Å². The van der Waals surface area contributed by atoms with Crippen molar-refractivity contribution in [3.63, 3.8) is 0 Å². The molecule has 0 spiro atoms. The number of carboxylic acid groups (broad SMARTS) is 2. The zero-order valence-corrected chi connectivity index (χ0v) is 16.1. The second kappa shape index (κ2) is 11.6. The molecule has 0 aliphatic heterocycles. The van der Waals surface area contributed by atoms with Gasteiger partial charge in [-0.25, -0.2) is 19.0 Å². The number of nitrogens with zero attached hydrogens (tertiary/aromatic N) is 2. The number of aliphatic hydroxyl groups excluding tert-OH is 1. The summed E-state index contributed by atoms with van der Waals surface area (Å²) in [6, 6.07) is 7.68. The minimum Gasteiger partial charge on any atom is -0.473 e. The number of aliphatic carboxylic acids is 2. The second-order valence-corrected chi connectivity index (χ2v) is 6.11. The lowest BCUT2D eigenvalue weighted by Crippen LogP contribution is -2.28. The number of carboxylic acids is 2. The van der Waals surface area contributed by atoms with Crippen molar-refractivity contribution in [2.45, 2.75) is 24.7 Å². The van der Waals surface area contributed by atoms with Gasteiger partial charge in [-0.05, 0) is 29.8 Å². The van der Waals surface area contributed by atoms with Gasteiger partial charge in [0.2, 0.25) is 5.88 Å². The third kappa shape index (κ3) is 8.17. The van der Waals surface area contributed by atoms with Crippen molar-refractivity contribution in [3.05, 3.63) is 59.0 Å². The predicted molar refractivity (Wildman–Crippen MR) is 98.7 cm³/mol. The number of aliphatic hydroxyl groups is 1. The smallest absolute Gasteiger partial charge is 0.433 e. The highest BCUT2D eigenvalue weighted by atomic mass is 19.4. The predicted octanol–water partition coefficient (Wildman–Crippen LogP) is 2.10. The van der Waals surface area contributed by atoms with E-state index in [2.05, 4.69) is 4.98 Å². The molecule has 0 saturated carbocycles. The summed E-state index contributed by atoms with van der Waals surface area (Å²) in [4.78, 5) is 21.6. The van der Waals surface area contributed by atoms with Crippen LogP contribution in [0, 0.1) is 17.1 Å². The first-order valence-electron chi connectivity index (χ1n) is 8.62. The topological polar surface area (TPSA) is 167 Å². The molecule has 0 amide bonds. The number of rotatable bonds is 6. The van der Waals surface area contributed by atoms with Gasteiger partial charge in [-0.1, -0.05) is 12.1 Å². The molecule has 0 bridgehead atoms. The number of hydrogen-bond acceptors (Lipinski definition) is 7. The van der Waals surface area contributed by atoms with Crippen molar-refractivity contribution < 1.29 is 47.2 Å². The molecule has 13 heteroatoms. The van der Waals surface area contributed by atoms with E-state index in [0.717, 1.165) is 18.2 Å². The maximum Gasteiger partial charge on any atom is 0.433 e. The van der Waals surface area contributed by atoms with E-state index in [-0.39, 0.29) is 18.6 Å². The molecule has 0 saturated heterocycles. The highest BCUT2D eigenvalue weighted by molar-refractivity contribution is 6.27. The Hall–Kier alpha value is -3.76. The van der Waals surface area contributed by atoms with Crippen LogP contribution < -0.4 is 10.5 Å². The summed E-state index contributed by atoms with van der Waals surface area (Å²) in [7, 11) is 0. The van der Waals surface area contributed by atoms with Crippen molar-refractivity contribution in [1.82, 2.24) is 4.98 Å². The van der Waals surface area contributed by atoms with Gasteiger partial charge in [0.1, 0.15) is 29.2 Å². The number of ether oxygens (including phenoxy) is 1. The van der Waals surface area contributed by atoms with E-state index in [0.29, 0.717) is 11.6 Å². The van der Waals surface area contributed by atoms with E-state index in [1.807, 2.05) is 0 Å². The van der Waals surface area contributed by atoms with E-state index < -0.39 is 47.7 Å². The number of nitriles is 1. The second-order valence-electron chi connectivity index (χ2n) is 6.11. The molecule has 1 aromatic heterocycles. The van der Waals surface area contributed by atoms with Gasteiger partial charge in [-0.15, -0.1) is 0 Å². The Bertz CT molecular complexity index is 965. The average Bonchev–Trinajstić information content (AvgIpc) is 2.73. The molecule has 9 nitrogen and oxygen atoms in total. The van der Waals surface area contributed by atoms with Crippen LogP contribution >= 0.6 is 0 Å². The summed E-state index contributed by atoms with van der Waals surface area (Å²) in [5.41, 5.74) is 4.71. The molecule has 1 aromatic carbocycles. The average molecular weight is 459 g/mol. The number of alkyl halides is 3. The van der Waals surface area contributed by atoms with Gasteiger partial charge in [0.25, 0.3) is 0 Å². The SMILES string of the molecule is N#Cc1ccc(C(F)(F)F)nc1O[C@H](C[C@H](N)CO)c1ccc(F)cc1.O=C(O)C(=O)O. The lowest BCUT2D eigenvalue weighted by Gasteiger charge is -2.22. The van der Waals surface area contributed by atoms with E-state index in [9.17, 15) is 17.6 Å². The molecular formula is C19H17F4N3O6. The molecule has 32 heavy (non-hydrogen) atoms. The fraction of sp³-hybridized carbons (Fsp3) is 0.263.